The molecule has 5 heteroatoms. The predicted molar refractivity (Wildman–Crippen MR) is 84.6 cm³/mol. The number of carboxylic acids is 1. The van der Waals surface area contributed by atoms with Gasteiger partial charge < -0.3 is 14.4 Å². The molecule has 22 heavy (non-hydrogen) atoms. The third kappa shape index (κ3) is 2.11. The second-order valence-corrected chi connectivity index (χ2v) is 5.16. The molecule has 0 aliphatic heterocycles. The smallest absolute Gasteiger partial charge is 0.323 e. The number of methoxy groups -OCH3 is 1. The minimum atomic E-state index is -0.962. The van der Waals surface area contributed by atoms with Gasteiger partial charge in [0.05, 0.1) is 18.1 Å². The Morgan fingerprint density at radius 3 is 2.68 bits per heavy atom. The van der Waals surface area contributed by atoms with Crippen molar-refractivity contribution in [3.63, 3.8) is 0 Å². The zero-order valence-corrected chi connectivity index (χ0v) is 12.3. The van der Waals surface area contributed by atoms with Gasteiger partial charge in [0.2, 0.25) is 0 Å². The van der Waals surface area contributed by atoms with Gasteiger partial charge in [-0.1, -0.05) is 12.1 Å². The number of nitrogens with zero attached hydrogens (tertiary/aromatic N) is 1. The van der Waals surface area contributed by atoms with E-state index in [1.165, 1.54) is 7.11 Å². The van der Waals surface area contributed by atoms with Gasteiger partial charge in [0.1, 0.15) is 12.3 Å². The molecular weight excluding hydrogens is 282 g/mol. The van der Waals surface area contributed by atoms with Crippen molar-refractivity contribution in [2.75, 3.05) is 7.11 Å². The number of carbonyl (C=O) groups is 1. The molecule has 0 radical (unpaired) electrons. The van der Waals surface area contributed by atoms with Crippen LogP contribution in [0.25, 0.3) is 21.8 Å². The summed E-state index contributed by atoms with van der Waals surface area (Å²) in [4.78, 5) is 24.0. The lowest BCUT2D eigenvalue weighted by Crippen LogP contribution is -2.16. The lowest BCUT2D eigenvalue weighted by molar-refractivity contribution is -0.137. The van der Waals surface area contributed by atoms with E-state index in [1.54, 1.807) is 28.8 Å². The molecular formula is C17H15NO4. The summed E-state index contributed by atoms with van der Waals surface area (Å²) in [6.45, 7) is 1.63. The Kier molecular flexibility index (Phi) is 3.33. The van der Waals surface area contributed by atoms with Crippen molar-refractivity contribution >= 4 is 27.8 Å². The van der Waals surface area contributed by atoms with E-state index < -0.39 is 5.97 Å². The molecule has 0 aliphatic rings. The highest BCUT2D eigenvalue weighted by Gasteiger charge is 2.14. The van der Waals surface area contributed by atoms with Crippen molar-refractivity contribution in [1.82, 2.24) is 4.57 Å². The van der Waals surface area contributed by atoms with Crippen molar-refractivity contribution in [1.29, 1.82) is 0 Å². The van der Waals surface area contributed by atoms with Crippen molar-refractivity contribution < 1.29 is 14.6 Å². The van der Waals surface area contributed by atoms with Crippen LogP contribution >= 0.6 is 0 Å². The van der Waals surface area contributed by atoms with Gasteiger partial charge in [-0.3, -0.25) is 9.59 Å². The van der Waals surface area contributed by atoms with Crippen LogP contribution in [-0.4, -0.2) is 22.8 Å². The number of fused-ring (bicyclic) bond motifs is 2. The summed E-state index contributed by atoms with van der Waals surface area (Å²) < 4.78 is 6.84. The summed E-state index contributed by atoms with van der Waals surface area (Å²) in [5, 5.41) is 10.3. The van der Waals surface area contributed by atoms with Gasteiger partial charge in [-0.2, -0.15) is 0 Å². The van der Waals surface area contributed by atoms with Crippen LogP contribution in [0.1, 0.15) is 5.56 Å². The Labute approximate surface area is 126 Å². The first kappa shape index (κ1) is 14.1. The largest absolute Gasteiger partial charge is 0.497 e. The Bertz CT molecular complexity index is 956. The van der Waals surface area contributed by atoms with Gasteiger partial charge >= 0.3 is 5.97 Å². The van der Waals surface area contributed by atoms with Crippen LogP contribution in [0, 0.1) is 6.92 Å². The quantitative estimate of drug-likeness (QED) is 0.754. The number of pyridine rings is 1. The SMILES string of the molecule is COc1ccc2c(=O)c3c(C)cccc3n(CC(=O)O)c2c1. The molecule has 1 heterocycles. The van der Waals surface area contributed by atoms with E-state index in [0.717, 1.165) is 5.56 Å². The van der Waals surface area contributed by atoms with E-state index in [1.807, 2.05) is 19.1 Å². The zero-order valence-electron chi connectivity index (χ0n) is 12.3. The Morgan fingerprint density at radius 2 is 2.00 bits per heavy atom. The first-order chi connectivity index (χ1) is 10.5. The monoisotopic (exact) mass is 297 g/mol. The standard InChI is InChI=1S/C17H15NO4/c1-10-4-3-5-13-16(10)17(21)12-7-6-11(22-2)8-14(12)18(13)9-15(19)20/h3-8H,9H2,1-2H3,(H,19,20). The maximum absolute atomic E-state index is 12.7. The minimum Gasteiger partial charge on any atom is -0.497 e. The van der Waals surface area contributed by atoms with E-state index in [0.29, 0.717) is 27.6 Å². The second kappa shape index (κ2) is 5.18. The minimum absolute atomic E-state index is 0.0904. The molecule has 112 valence electrons. The van der Waals surface area contributed by atoms with E-state index in [9.17, 15) is 14.7 Å². The van der Waals surface area contributed by atoms with Gasteiger partial charge in [0.25, 0.3) is 0 Å². The highest BCUT2D eigenvalue weighted by Crippen LogP contribution is 2.24. The Hall–Kier alpha value is -2.82. The summed E-state index contributed by atoms with van der Waals surface area (Å²) in [7, 11) is 1.53. The predicted octanol–water partition coefficient (Wildman–Crippen LogP) is 2.56. The first-order valence-corrected chi connectivity index (χ1v) is 6.84. The van der Waals surface area contributed by atoms with Gasteiger partial charge in [-0.05, 0) is 30.7 Å². The average Bonchev–Trinajstić information content (AvgIpc) is 2.50. The van der Waals surface area contributed by atoms with Crippen LogP contribution < -0.4 is 10.2 Å². The molecule has 0 unspecified atom stereocenters. The van der Waals surface area contributed by atoms with Crippen LogP contribution in [0.5, 0.6) is 5.75 Å². The van der Waals surface area contributed by atoms with Crippen LogP contribution in [0.2, 0.25) is 0 Å². The number of benzene rings is 2. The van der Waals surface area contributed by atoms with Crippen molar-refractivity contribution in [2.45, 2.75) is 13.5 Å². The number of aromatic nitrogens is 1. The molecule has 0 fully saturated rings. The van der Waals surface area contributed by atoms with Gasteiger partial charge in [-0.15, -0.1) is 0 Å². The maximum Gasteiger partial charge on any atom is 0.323 e. The van der Waals surface area contributed by atoms with E-state index in [-0.39, 0.29) is 12.0 Å². The second-order valence-electron chi connectivity index (χ2n) is 5.16. The summed E-state index contributed by atoms with van der Waals surface area (Å²) in [5.41, 5.74) is 1.92. The number of hydrogen-bond donors (Lipinski definition) is 1. The summed E-state index contributed by atoms with van der Waals surface area (Å²) in [6.07, 6.45) is 0. The molecule has 0 saturated carbocycles. The van der Waals surface area contributed by atoms with Crippen LogP contribution in [-0.2, 0) is 11.3 Å². The third-order valence-corrected chi connectivity index (χ3v) is 3.80. The lowest BCUT2D eigenvalue weighted by Gasteiger charge is -2.15. The number of carboxylic acid groups (broad SMARTS) is 1. The highest BCUT2D eigenvalue weighted by molar-refractivity contribution is 5.96. The number of rotatable bonds is 3. The lowest BCUT2D eigenvalue weighted by atomic mass is 10.0. The fraction of sp³-hybridized carbons (Fsp3) is 0.176. The molecule has 2 aromatic carbocycles. The molecule has 3 aromatic rings. The van der Waals surface area contributed by atoms with Gasteiger partial charge in [0.15, 0.2) is 5.43 Å². The van der Waals surface area contributed by atoms with Crippen molar-refractivity contribution in [3.8, 4) is 5.75 Å². The van der Waals surface area contributed by atoms with Crippen molar-refractivity contribution in [2.24, 2.45) is 0 Å². The Balaban J connectivity index is 2.56. The molecule has 0 aliphatic carbocycles. The van der Waals surface area contributed by atoms with E-state index >= 15 is 0 Å². The third-order valence-electron chi connectivity index (χ3n) is 3.80. The van der Waals surface area contributed by atoms with E-state index in [4.69, 9.17) is 4.74 Å². The molecule has 5 nitrogen and oxygen atoms in total. The Morgan fingerprint density at radius 1 is 1.23 bits per heavy atom. The highest BCUT2D eigenvalue weighted by atomic mass is 16.5. The zero-order chi connectivity index (χ0) is 15.9. The average molecular weight is 297 g/mol. The number of aryl methyl sites for hydroxylation is 1. The summed E-state index contributed by atoms with van der Waals surface area (Å²) >= 11 is 0. The number of aliphatic carboxylic acids is 1. The van der Waals surface area contributed by atoms with E-state index in [2.05, 4.69) is 0 Å². The van der Waals surface area contributed by atoms with Gasteiger partial charge in [0, 0.05) is 16.8 Å². The molecule has 1 N–H and O–H groups in total. The van der Waals surface area contributed by atoms with Crippen molar-refractivity contribution in [3.05, 3.63) is 52.2 Å². The first-order valence-electron chi connectivity index (χ1n) is 6.84. The molecule has 0 saturated heterocycles. The van der Waals surface area contributed by atoms with Crippen LogP contribution in [0.15, 0.2) is 41.2 Å². The fourth-order valence-corrected chi connectivity index (χ4v) is 2.80. The fourth-order valence-electron chi connectivity index (χ4n) is 2.80. The molecule has 3 rings (SSSR count). The normalized spacial score (nSPS) is 11.0. The number of hydrogen-bond acceptors (Lipinski definition) is 3. The summed E-state index contributed by atoms with van der Waals surface area (Å²) in [6, 6.07) is 10.5. The molecule has 0 spiro atoms. The van der Waals surface area contributed by atoms with Gasteiger partial charge in [-0.25, -0.2) is 0 Å². The van der Waals surface area contributed by atoms with Crippen LogP contribution in [0.3, 0.4) is 0 Å². The molecule has 0 amide bonds. The molecule has 0 bridgehead atoms. The van der Waals surface area contributed by atoms with Crippen LogP contribution in [0.4, 0.5) is 0 Å². The topological polar surface area (TPSA) is 68.5 Å². The molecule has 1 aromatic heterocycles. The summed E-state index contributed by atoms with van der Waals surface area (Å²) in [5.74, 6) is -0.381. The maximum atomic E-state index is 12.7. The molecule has 0 atom stereocenters. The number of ether oxygens (including phenoxy) is 1.